The number of benzene rings is 2. The standard InChI is InChI=1S/C21H23NO3/c23-20(22-18-11-5-6-12-18)15-25-21(24)19-13-7-4-10-17(19)14-16-8-2-1-3-9-16/h1-4,7-10,13,18H,5-6,11-12,14-15H2,(H,22,23). The summed E-state index contributed by atoms with van der Waals surface area (Å²) in [5.41, 5.74) is 2.54. The fraction of sp³-hybridized carbons (Fsp3) is 0.333. The van der Waals surface area contributed by atoms with Crippen molar-refractivity contribution >= 4 is 11.9 Å². The van der Waals surface area contributed by atoms with Gasteiger partial charge in [-0.25, -0.2) is 4.79 Å². The molecule has 0 atom stereocenters. The Labute approximate surface area is 148 Å². The average Bonchev–Trinajstić information content (AvgIpc) is 3.14. The molecular weight excluding hydrogens is 314 g/mol. The van der Waals surface area contributed by atoms with E-state index in [4.69, 9.17) is 4.74 Å². The van der Waals surface area contributed by atoms with E-state index in [1.54, 1.807) is 6.07 Å². The quantitative estimate of drug-likeness (QED) is 0.821. The second kappa shape index (κ2) is 8.47. The Bertz CT molecular complexity index is 721. The predicted molar refractivity (Wildman–Crippen MR) is 96.4 cm³/mol. The molecule has 1 N–H and O–H groups in total. The first-order chi connectivity index (χ1) is 12.2. The molecule has 4 heteroatoms. The zero-order chi connectivity index (χ0) is 17.5. The Morgan fingerprint density at radius 1 is 0.960 bits per heavy atom. The molecule has 0 bridgehead atoms. The van der Waals surface area contributed by atoms with Crippen molar-refractivity contribution < 1.29 is 14.3 Å². The Hall–Kier alpha value is -2.62. The van der Waals surface area contributed by atoms with Gasteiger partial charge in [0.15, 0.2) is 6.61 Å². The average molecular weight is 337 g/mol. The number of carbonyl (C=O) groups is 2. The van der Waals surface area contributed by atoms with Gasteiger partial charge in [0.05, 0.1) is 5.56 Å². The van der Waals surface area contributed by atoms with E-state index in [1.165, 1.54) is 0 Å². The van der Waals surface area contributed by atoms with Crippen LogP contribution in [0.25, 0.3) is 0 Å². The third-order valence-corrected chi connectivity index (χ3v) is 4.53. The summed E-state index contributed by atoms with van der Waals surface area (Å²) in [4.78, 5) is 24.3. The molecule has 130 valence electrons. The van der Waals surface area contributed by atoms with Gasteiger partial charge in [0, 0.05) is 6.04 Å². The van der Waals surface area contributed by atoms with E-state index in [-0.39, 0.29) is 18.6 Å². The van der Waals surface area contributed by atoms with E-state index in [2.05, 4.69) is 5.32 Å². The first-order valence-electron chi connectivity index (χ1n) is 8.80. The largest absolute Gasteiger partial charge is 0.452 e. The second-order valence-corrected chi connectivity index (χ2v) is 6.44. The number of carbonyl (C=O) groups excluding carboxylic acids is 2. The molecular formula is C21H23NO3. The minimum Gasteiger partial charge on any atom is -0.452 e. The van der Waals surface area contributed by atoms with Crippen LogP contribution in [0.4, 0.5) is 0 Å². The zero-order valence-corrected chi connectivity index (χ0v) is 14.2. The van der Waals surface area contributed by atoms with Gasteiger partial charge in [0.25, 0.3) is 5.91 Å². The lowest BCUT2D eigenvalue weighted by Crippen LogP contribution is -2.36. The third-order valence-electron chi connectivity index (χ3n) is 4.53. The monoisotopic (exact) mass is 337 g/mol. The molecule has 2 aromatic carbocycles. The maximum atomic E-state index is 12.4. The van der Waals surface area contributed by atoms with Crippen LogP contribution in [0.2, 0.25) is 0 Å². The molecule has 0 unspecified atom stereocenters. The Kier molecular flexibility index (Phi) is 5.83. The topological polar surface area (TPSA) is 55.4 Å². The fourth-order valence-corrected chi connectivity index (χ4v) is 3.24. The molecule has 1 aliphatic rings. The summed E-state index contributed by atoms with van der Waals surface area (Å²) in [7, 11) is 0. The summed E-state index contributed by atoms with van der Waals surface area (Å²) >= 11 is 0. The van der Waals surface area contributed by atoms with Crippen LogP contribution in [0.5, 0.6) is 0 Å². The Morgan fingerprint density at radius 3 is 2.40 bits per heavy atom. The highest BCUT2D eigenvalue weighted by molar-refractivity contribution is 5.92. The lowest BCUT2D eigenvalue weighted by molar-refractivity contribution is -0.124. The van der Waals surface area contributed by atoms with E-state index < -0.39 is 5.97 Å². The van der Waals surface area contributed by atoms with Crippen LogP contribution in [0.3, 0.4) is 0 Å². The summed E-state index contributed by atoms with van der Waals surface area (Å²) < 4.78 is 5.23. The molecule has 4 nitrogen and oxygen atoms in total. The lowest BCUT2D eigenvalue weighted by Gasteiger charge is -2.13. The second-order valence-electron chi connectivity index (χ2n) is 6.44. The molecule has 25 heavy (non-hydrogen) atoms. The van der Waals surface area contributed by atoms with E-state index in [9.17, 15) is 9.59 Å². The van der Waals surface area contributed by atoms with Crippen LogP contribution >= 0.6 is 0 Å². The van der Waals surface area contributed by atoms with Crippen LogP contribution in [0.15, 0.2) is 54.6 Å². The van der Waals surface area contributed by atoms with Crippen molar-refractivity contribution in [1.29, 1.82) is 0 Å². The lowest BCUT2D eigenvalue weighted by atomic mass is 10.00. The molecule has 0 heterocycles. The van der Waals surface area contributed by atoms with E-state index in [0.717, 1.165) is 36.8 Å². The number of ether oxygens (including phenoxy) is 1. The minimum absolute atomic E-state index is 0.221. The molecule has 1 amide bonds. The first-order valence-corrected chi connectivity index (χ1v) is 8.80. The number of hydrogen-bond acceptors (Lipinski definition) is 3. The van der Waals surface area contributed by atoms with Crippen LogP contribution in [0, 0.1) is 0 Å². The number of esters is 1. The molecule has 1 saturated carbocycles. The van der Waals surface area contributed by atoms with Gasteiger partial charge < -0.3 is 10.1 Å². The van der Waals surface area contributed by atoms with Gasteiger partial charge >= 0.3 is 5.97 Å². The van der Waals surface area contributed by atoms with Crippen LogP contribution in [0.1, 0.15) is 47.2 Å². The minimum atomic E-state index is -0.451. The highest BCUT2D eigenvalue weighted by atomic mass is 16.5. The number of rotatable bonds is 6. The highest BCUT2D eigenvalue weighted by Crippen LogP contribution is 2.18. The molecule has 0 radical (unpaired) electrons. The molecule has 1 fully saturated rings. The SMILES string of the molecule is O=C(COC(=O)c1ccccc1Cc1ccccc1)NC1CCCC1. The molecule has 2 aromatic rings. The van der Waals surface area contributed by atoms with E-state index in [1.807, 2.05) is 48.5 Å². The van der Waals surface area contributed by atoms with Crippen molar-refractivity contribution in [3.63, 3.8) is 0 Å². The summed E-state index contributed by atoms with van der Waals surface area (Å²) in [6.45, 7) is -0.227. The van der Waals surface area contributed by atoms with Crippen molar-refractivity contribution in [1.82, 2.24) is 5.32 Å². The molecule has 0 aliphatic heterocycles. The number of amides is 1. The maximum Gasteiger partial charge on any atom is 0.338 e. The van der Waals surface area contributed by atoms with Gasteiger partial charge in [0.1, 0.15) is 0 Å². The summed E-state index contributed by atoms with van der Waals surface area (Å²) in [6.07, 6.45) is 4.98. The van der Waals surface area contributed by atoms with Crippen molar-refractivity contribution in [3.05, 3.63) is 71.3 Å². The summed E-state index contributed by atoms with van der Waals surface area (Å²) in [6, 6.07) is 17.6. The molecule has 0 saturated heterocycles. The van der Waals surface area contributed by atoms with Gasteiger partial charge in [-0.1, -0.05) is 61.4 Å². The van der Waals surface area contributed by atoms with Gasteiger partial charge in [0.2, 0.25) is 0 Å². The summed E-state index contributed by atoms with van der Waals surface area (Å²) in [5.74, 6) is -0.672. The normalized spacial score (nSPS) is 14.2. The number of hydrogen-bond donors (Lipinski definition) is 1. The first kappa shape index (κ1) is 17.2. The molecule has 3 rings (SSSR count). The third kappa shape index (κ3) is 4.92. The smallest absolute Gasteiger partial charge is 0.338 e. The van der Waals surface area contributed by atoms with E-state index in [0.29, 0.717) is 12.0 Å². The molecule has 1 aliphatic carbocycles. The Balaban J connectivity index is 1.59. The Morgan fingerprint density at radius 2 is 1.64 bits per heavy atom. The predicted octanol–water partition coefficient (Wildman–Crippen LogP) is 3.49. The molecule has 0 spiro atoms. The molecule has 0 aromatic heterocycles. The van der Waals surface area contributed by atoms with Gasteiger partial charge in [-0.2, -0.15) is 0 Å². The highest BCUT2D eigenvalue weighted by Gasteiger charge is 2.19. The van der Waals surface area contributed by atoms with Crippen molar-refractivity contribution in [2.24, 2.45) is 0 Å². The van der Waals surface area contributed by atoms with E-state index >= 15 is 0 Å². The van der Waals surface area contributed by atoms with Gasteiger partial charge in [-0.3, -0.25) is 4.79 Å². The number of nitrogens with one attached hydrogen (secondary N) is 1. The fourth-order valence-electron chi connectivity index (χ4n) is 3.24. The van der Waals surface area contributed by atoms with Crippen LogP contribution in [-0.4, -0.2) is 24.5 Å². The van der Waals surface area contributed by atoms with Gasteiger partial charge in [-0.15, -0.1) is 0 Å². The van der Waals surface area contributed by atoms with Crippen molar-refractivity contribution in [2.75, 3.05) is 6.61 Å². The zero-order valence-electron chi connectivity index (χ0n) is 14.2. The van der Waals surface area contributed by atoms with Crippen molar-refractivity contribution in [2.45, 2.75) is 38.1 Å². The van der Waals surface area contributed by atoms with Crippen molar-refractivity contribution in [3.8, 4) is 0 Å². The maximum absolute atomic E-state index is 12.4. The van der Waals surface area contributed by atoms with Gasteiger partial charge in [-0.05, 0) is 36.5 Å². The summed E-state index contributed by atoms with van der Waals surface area (Å²) in [5, 5.41) is 2.92. The van der Waals surface area contributed by atoms with Crippen LogP contribution < -0.4 is 5.32 Å². The van der Waals surface area contributed by atoms with Crippen LogP contribution in [-0.2, 0) is 16.0 Å².